The second-order valence-corrected chi connectivity index (χ2v) is 6.64. The van der Waals surface area contributed by atoms with Crippen LogP contribution in [0.2, 0.25) is 5.02 Å². The molecule has 0 atom stereocenters. The van der Waals surface area contributed by atoms with Crippen LogP contribution in [0.4, 0.5) is 36.3 Å². The van der Waals surface area contributed by atoms with Gasteiger partial charge in [-0.3, -0.25) is 15.0 Å². The number of hydrogen-bond donors (Lipinski definition) is 2. The lowest BCUT2D eigenvalue weighted by Crippen LogP contribution is -2.39. The Morgan fingerprint density at radius 3 is 2.53 bits per heavy atom. The predicted octanol–water partition coefficient (Wildman–Crippen LogP) is 2.94. The van der Waals surface area contributed by atoms with Crippen LogP contribution in [0.15, 0.2) is 18.6 Å². The third kappa shape index (κ3) is 5.43. The molecule has 0 aliphatic carbocycles. The van der Waals surface area contributed by atoms with E-state index >= 15 is 0 Å². The Labute approximate surface area is 173 Å². The predicted molar refractivity (Wildman–Crippen MR) is 102 cm³/mol. The molecule has 3 rings (SSSR count). The number of aromatic nitrogens is 3. The summed E-state index contributed by atoms with van der Waals surface area (Å²) in [5.74, 6) is -0.488. The highest BCUT2D eigenvalue weighted by molar-refractivity contribution is 6.33. The van der Waals surface area contributed by atoms with Gasteiger partial charge in [0.1, 0.15) is 6.33 Å². The molecule has 162 valence electrons. The lowest BCUT2D eigenvalue weighted by molar-refractivity contribution is -0.383. The summed E-state index contributed by atoms with van der Waals surface area (Å²) in [6, 6.07) is 0.672. The summed E-state index contributed by atoms with van der Waals surface area (Å²) in [6.07, 6.45) is -2.96. The van der Waals surface area contributed by atoms with Crippen LogP contribution < -0.4 is 10.6 Å². The maximum Gasteiger partial charge on any atom is 0.417 e. The number of morpholine rings is 1. The molecule has 1 aliphatic heterocycles. The van der Waals surface area contributed by atoms with Gasteiger partial charge in [-0.2, -0.15) is 13.2 Å². The van der Waals surface area contributed by atoms with Gasteiger partial charge in [0, 0.05) is 32.4 Å². The highest BCUT2D eigenvalue weighted by Gasteiger charge is 2.32. The Morgan fingerprint density at radius 1 is 1.20 bits per heavy atom. The number of alkyl halides is 3. The lowest BCUT2D eigenvalue weighted by atomic mass is 10.2. The summed E-state index contributed by atoms with van der Waals surface area (Å²) < 4.78 is 43.5. The molecule has 14 heteroatoms. The molecule has 30 heavy (non-hydrogen) atoms. The van der Waals surface area contributed by atoms with E-state index in [2.05, 4.69) is 30.5 Å². The number of anilines is 3. The van der Waals surface area contributed by atoms with Crippen LogP contribution >= 0.6 is 11.6 Å². The van der Waals surface area contributed by atoms with E-state index in [0.717, 1.165) is 19.4 Å². The summed E-state index contributed by atoms with van der Waals surface area (Å²) in [6.45, 7) is 3.79. The second-order valence-electron chi connectivity index (χ2n) is 6.23. The zero-order valence-corrected chi connectivity index (χ0v) is 16.2. The number of hydrogen-bond acceptors (Lipinski definition) is 9. The van der Waals surface area contributed by atoms with Crippen molar-refractivity contribution in [1.82, 2.24) is 19.9 Å². The first kappa shape index (κ1) is 21.9. The molecule has 0 radical (unpaired) electrons. The monoisotopic (exact) mass is 447 g/mol. The zero-order chi connectivity index (χ0) is 21.7. The molecule has 1 aliphatic rings. The molecular formula is C16H17ClF3N7O3. The number of pyridine rings is 1. The smallest absolute Gasteiger partial charge is 0.379 e. The number of halogens is 4. The number of ether oxygens (including phenoxy) is 1. The minimum Gasteiger partial charge on any atom is -0.379 e. The van der Waals surface area contributed by atoms with Crippen molar-refractivity contribution >= 4 is 34.7 Å². The van der Waals surface area contributed by atoms with Crippen molar-refractivity contribution in [2.75, 3.05) is 50.0 Å². The third-order valence-electron chi connectivity index (χ3n) is 4.23. The average molecular weight is 448 g/mol. The maximum atomic E-state index is 12.8. The van der Waals surface area contributed by atoms with E-state index < -0.39 is 22.4 Å². The topological polar surface area (TPSA) is 118 Å². The molecule has 0 aromatic carbocycles. The minimum absolute atomic E-state index is 0.0335. The van der Waals surface area contributed by atoms with Crippen LogP contribution in [-0.2, 0) is 10.9 Å². The number of nitrogens with one attached hydrogen (secondary N) is 2. The average Bonchev–Trinajstić information content (AvgIpc) is 2.69. The number of nitro groups is 1. The molecule has 10 nitrogen and oxygen atoms in total. The van der Waals surface area contributed by atoms with Gasteiger partial charge in [-0.25, -0.2) is 15.0 Å². The summed E-state index contributed by atoms with van der Waals surface area (Å²) in [5.41, 5.74) is -1.52. The van der Waals surface area contributed by atoms with Crippen LogP contribution in [0.5, 0.6) is 0 Å². The Kier molecular flexibility index (Phi) is 6.84. The van der Waals surface area contributed by atoms with Gasteiger partial charge in [0.2, 0.25) is 11.6 Å². The SMILES string of the molecule is O=[N+]([O-])c1c(NCCN2CCOCC2)ncnc1Nc1ncc(C(F)(F)F)cc1Cl. The molecule has 0 bridgehead atoms. The van der Waals surface area contributed by atoms with Crippen molar-refractivity contribution in [3.63, 3.8) is 0 Å². The molecule has 2 aromatic heterocycles. The highest BCUT2D eigenvalue weighted by atomic mass is 35.5. The van der Waals surface area contributed by atoms with Gasteiger partial charge in [0.25, 0.3) is 0 Å². The largest absolute Gasteiger partial charge is 0.417 e. The van der Waals surface area contributed by atoms with Gasteiger partial charge >= 0.3 is 11.9 Å². The Balaban J connectivity index is 1.76. The maximum absolute atomic E-state index is 12.8. The first-order valence-corrected chi connectivity index (χ1v) is 9.16. The third-order valence-corrected chi connectivity index (χ3v) is 4.52. The summed E-state index contributed by atoms with van der Waals surface area (Å²) >= 11 is 5.86. The van der Waals surface area contributed by atoms with Gasteiger partial charge in [0.05, 0.1) is 28.7 Å². The Morgan fingerprint density at radius 2 is 1.90 bits per heavy atom. The van der Waals surface area contributed by atoms with E-state index in [1.807, 2.05) is 0 Å². The van der Waals surface area contributed by atoms with Crippen molar-refractivity contribution in [3.8, 4) is 0 Å². The van der Waals surface area contributed by atoms with E-state index in [9.17, 15) is 23.3 Å². The molecule has 0 spiro atoms. The van der Waals surface area contributed by atoms with E-state index in [4.69, 9.17) is 16.3 Å². The van der Waals surface area contributed by atoms with E-state index in [-0.39, 0.29) is 22.5 Å². The second kappa shape index (κ2) is 9.36. The van der Waals surface area contributed by atoms with Gasteiger partial charge in [-0.05, 0) is 6.07 Å². The summed E-state index contributed by atoms with van der Waals surface area (Å²) in [4.78, 5) is 24.3. The van der Waals surface area contributed by atoms with Crippen LogP contribution in [0, 0.1) is 10.1 Å². The Bertz CT molecular complexity index is 910. The van der Waals surface area contributed by atoms with E-state index in [1.165, 1.54) is 0 Å². The van der Waals surface area contributed by atoms with Crippen molar-refractivity contribution in [3.05, 3.63) is 39.3 Å². The molecule has 3 heterocycles. The quantitative estimate of drug-likeness (QED) is 0.487. The van der Waals surface area contributed by atoms with Crippen LogP contribution in [0.1, 0.15) is 5.56 Å². The van der Waals surface area contributed by atoms with Crippen molar-refractivity contribution in [1.29, 1.82) is 0 Å². The molecule has 0 amide bonds. The van der Waals surface area contributed by atoms with E-state index in [0.29, 0.717) is 38.6 Å². The van der Waals surface area contributed by atoms with Crippen LogP contribution in [0.25, 0.3) is 0 Å². The first-order valence-electron chi connectivity index (χ1n) is 8.79. The number of nitrogens with zero attached hydrogens (tertiary/aromatic N) is 5. The van der Waals surface area contributed by atoms with Gasteiger partial charge in [-0.1, -0.05) is 11.6 Å². The molecule has 2 N–H and O–H groups in total. The first-order chi connectivity index (χ1) is 14.3. The highest BCUT2D eigenvalue weighted by Crippen LogP contribution is 2.35. The zero-order valence-electron chi connectivity index (χ0n) is 15.4. The van der Waals surface area contributed by atoms with E-state index in [1.54, 1.807) is 0 Å². The normalized spacial score (nSPS) is 15.1. The molecule has 0 unspecified atom stereocenters. The standard InChI is InChI=1S/C16H17ClF3N7O3/c17-11-7-10(16(18,19)20)8-22-13(11)25-15-12(27(28)29)14(23-9-24-15)21-1-2-26-3-5-30-6-4-26/h7-9H,1-6H2,(H2,21,22,23,24,25). The van der Waals surface area contributed by atoms with Crippen LogP contribution in [-0.4, -0.2) is 64.2 Å². The van der Waals surface area contributed by atoms with Crippen LogP contribution in [0.3, 0.4) is 0 Å². The minimum atomic E-state index is -4.62. The summed E-state index contributed by atoms with van der Waals surface area (Å²) in [5, 5.41) is 16.6. The van der Waals surface area contributed by atoms with Crippen molar-refractivity contribution < 1.29 is 22.8 Å². The molecule has 1 fully saturated rings. The molecule has 2 aromatic rings. The van der Waals surface area contributed by atoms with Gasteiger partial charge in [0.15, 0.2) is 5.82 Å². The summed E-state index contributed by atoms with van der Waals surface area (Å²) in [7, 11) is 0. The fraction of sp³-hybridized carbons (Fsp3) is 0.438. The fourth-order valence-corrected chi connectivity index (χ4v) is 2.94. The van der Waals surface area contributed by atoms with Gasteiger partial charge < -0.3 is 15.4 Å². The number of rotatable bonds is 7. The molecule has 0 saturated carbocycles. The molecular weight excluding hydrogens is 431 g/mol. The van der Waals surface area contributed by atoms with Gasteiger partial charge in [-0.15, -0.1) is 0 Å². The van der Waals surface area contributed by atoms with Crippen molar-refractivity contribution in [2.24, 2.45) is 0 Å². The lowest BCUT2D eigenvalue weighted by Gasteiger charge is -2.26. The van der Waals surface area contributed by atoms with Crippen molar-refractivity contribution in [2.45, 2.75) is 6.18 Å². The Hall–Kier alpha value is -2.77. The molecule has 1 saturated heterocycles. The fourth-order valence-electron chi connectivity index (χ4n) is 2.73.